The maximum Gasteiger partial charge on any atom is 0.0713 e. The molecule has 2 heteroatoms. The fourth-order valence-corrected chi connectivity index (χ4v) is 3.47. The zero-order valence-electron chi connectivity index (χ0n) is 12.8. The summed E-state index contributed by atoms with van der Waals surface area (Å²) in [7, 11) is 3.48. The molecule has 0 amide bonds. The number of ether oxygens (including phenoxy) is 2. The Morgan fingerprint density at radius 3 is 1.18 bits per heavy atom. The summed E-state index contributed by atoms with van der Waals surface area (Å²) in [6.45, 7) is 1.29. The highest BCUT2D eigenvalue weighted by molar-refractivity contribution is 6.23. The summed E-state index contributed by atoms with van der Waals surface area (Å²) < 4.78 is 10.6. The number of methoxy groups -OCH3 is 2. The average Bonchev–Trinajstić information content (AvgIpc) is 2.53. The molecule has 2 nitrogen and oxygen atoms in total. The van der Waals surface area contributed by atoms with Crippen molar-refractivity contribution in [3.05, 3.63) is 59.7 Å². The molecule has 0 atom stereocenters. The molecule has 22 heavy (non-hydrogen) atoms. The van der Waals surface area contributed by atoms with Crippen LogP contribution in [0.2, 0.25) is 0 Å². The zero-order chi connectivity index (χ0) is 15.1. The molecule has 0 aliphatic carbocycles. The molecule has 0 aliphatic rings. The standard InChI is InChI=1S/C20H18O2/c1-21-11-13-7-15-3-5-17-9-14(12-22-2)10-18-6-4-16(8-13)19(15)20(17)18/h3-10H,11-12H2,1-2H3. The Labute approximate surface area is 129 Å². The van der Waals surface area contributed by atoms with Crippen molar-refractivity contribution < 1.29 is 9.47 Å². The van der Waals surface area contributed by atoms with Crippen molar-refractivity contribution in [3.63, 3.8) is 0 Å². The lowest BCUT2D eigenvalue weighted by atomic mass is 9.92. The van der Waals surface area contributed by atoms with Gasteiger partial charge in [0, 0.05) is 14.2 Å². The normalized spacial score (nSPS) is 11.9. The Kier molecular flexibility index (Phi) is 3.21. The first-order chi connectivity index (χ1) is 10.8. The molecule has 0 bridgehead atoms. The topological polar surface area (TPSA) is 18.5 Å². The van der Waals surface area contributed by atoms with Gasteiger partial charge in [0.25, 0.3) is 0 Å². The molecule has 0 heterocycles. The first-order valence-corrected chi connectivity index (χ1v) is 7.48. The van der Waals surface area contributed by atoms with Crippen molar-refractivity contribution in [2.45, 2.75) is 13.2 Å². The second kappa shape index (κ2) is 5.24. The highest BCUT2D eigenvalue weighted by Gasteiger charge is 2.10. The van der Waals surface area contributed by atoms with Crippen LogP contribution in [0.5, 0.6) is 0 Å². The van der Waals surface area contributed by atoms with Crippen molar-refractivity contribution in [1.29, 1.82) is 0 Å². The lowest BCUT2D eigenvalue weighted by Gasteiger charge is -2.13. The van der Waals surface area contributed by atoms with Gasteiger partial charge in [0.15, 0.2) is 0 Å². The number of hydrogen-bond acceptors (Lipinski definition) is 2. The van der Waals surface area contributed by atoms with Gasteiger partial charge < -0.3 is 9.47 Å². The van der Waals surface area contributed by atoms with Crippen LogP contribution in [0.15, 0.2) is 48.5 Å². The quantitative estimate of drug-likeness (QED) is 0.499. The first-order valence-electron chi connectivity index (χ1n) is 7.48. The van der Waals surface area contributed by atoms with Crippen molar-refractivity contribution in [2.24, 2.45) is 0 Å². The molecule has 4 aromatic carbocycles. The predicted octanol–water partition coefficient (Wildman–Crippen LogP) is 4.88. The van der Waals surface area contributed by atoms with Gasteiger partial charge in [-0.3, -0.25) is 0 Å². The molecule has 0 spiro atoms. The third-order valence-corrected chi connectivity index (χ3v) is 4.28. The van der Waals surface area contributed by atoms with E-state index in [-0.39, 0.29) is 0 Å². The van der Waals surface area contributed by atoms with Crippen LogP contribution in [0.3, 0.4) is 0 Å². The molecule has 4 aromatic rings. The third-order valence-electron chi connectivity index (χ3n) is 4.28. The zero-order valence-corrected chi connectivity index (χ0v) is 12.8. The van der Waals surface area contributed by atoms with Gasteiger partial charge in [-0.05, 0) is 67.7 Å². The summed E-state index contributed by atoms with van der Waals surface area (Å²) in [5.74, 6) is 0. The SMILES string of the molecule is COCc1cc2ccc3cc(COC)cc4ccc(c1)c2c34. The van der Waals surface area contributed by atoms with Gasteiger partial charge in [-0.2, -0.15) is 0 Å². The minimum Gasteiger partial charge on any atom is -0.380 e. The predicted molar refractivity (Wildman–Crippen MR) is 91.6 cm³/mol. The molecule has 110 valence electrons. The van der Waals surface area contributed by atoms with E-state index in [1.165, 1.54) is 43.4 Å². The summed E-state index contributed by atoms with van der Waals surface area (Å²) in [4.78, 5) is 0. The van der Waals surface area contributed by atoms with E-state index in [9.17, 15) is 0 Å². The van der Waals surface area contributed by atoms with Crippen LogP contribution in [-0.4, -0.2) is 14.2 Å². The Hall–Kier alpha value is -2.16. The van der Waals surface area contributed by atoms with Crippen LogP contribution >= 0.6 is 0 Å². The minimum absolute atomic E-state index is 0.647. The second-order valence-electron chi connectivity index (χ2n) is 5.83. The Morgan fingerprint density at radius 2 is 0.909 bits per heavy atom. The van der Waals surface area contributed by atoms with E-state index in [2.05, 4.69) is 48.5 Å². The van der Waals surface area contributed by atoms with Crippen LogP contribution < -0.4 is 0 Å². The van der Waals surface area contributed by atoms with Crippen molar-refractivity contribution in [1.82, 2.24) is 0 Å². The summed E-state index contributed by atoms with van der Waals surface area (Å²) in [6, 6.07) is 17.8. The molecule has 0 aliphatic heterocycles. The van der Waals surface area contributed by atoms with Crippen LogP contribution in [0.4, 0.5) is 0 Å². The minimum atomic E-state index is 0.647. The van der Waals surface area contributed by atoms with Crippen molar-refractivity contribution in [3.8, 4) is 0 Å². The van der Waals surface area contributed by atoms with Gasteiger partial charge >= 0.3 is 0 Å². The second-order valence-corrected chi connectivity index (χ2v) is 5.83. The van der Waals surface area contributed by atoms with Crippen molar-refractivity contribution >= 4 is 32.3 Å². The fourth-order valence-electron chi connectivity index (χ4n) is 3.47. The summed E-state index contributed by atoms with van der Waals surface area (Å²) in [5, 5.41) is 7.81. The van der Waals surface area contributed by atoms with E-state index in [1.807, 2.05) is 0 Å². The first kappa shape index (κ1) is 13.5. The van der Waals surface area contributed by atoms with E-state index in [1.54, 1.807) is 14.2 Å². The number of rotatable bonds is 4. The number of benzene rings is 4. The van der Waals surface area contributed by atoms with Crippen LogP contribution in [0, 0.1) is 0 Å². The van der Waals surface area contributed by atoms with Gasteiger partial charge in [0.1, 0.15) is 0 Å². The average molecular weight is 290 g/mol. The maximum absolute atomic E-state index is 5.28. The Balaban J connectivity index is 2.07. The Bertz CT molecular complexity index is 810. The molecule has 0 saturated carbocycles. The van der Waals surface area contributed by atoms with E-state index in [0.717, 1.165) is 0 Å². The van der Waals surface area contributed by atoms with E-state index in [0.29, 0.717) is 13.2 Å². The van der Waals surface area contributed by atoms with E-state index in [4.69, 9.17) is 9.47 Å². The number of hydrogen-bond donors (Lipinski definition) is 0. The van der Waals surface area contributed by atoms with Crippen LogP contribution in [0.1, 0.15) is 11.1 Å². The molecular weight excluding hydrogens is 272 g/mol. The van der Waals surface area contributed by atoms with E-state index < -0.39 is 0 Å². The van der Waals surface area contributed by atoms with Gasteiger partial charge in [-0.15, -0.1) is 0 Å². The smallest absolute Gasteiger partial charge is 0.0713 e. The Morgan fingerprint density at radius 1 is 0.591 bits per heavy atom. The lowest BCUT2D eigenvalue weighted by Crippen LogP contribution is -1.92. The van der Waals surface area contributed by atoms with Gasteiger partial charge in [0.05, 0.1) is 13.2 Å². The fraction of sp³-hybridized carbons (Fsp3) is 0.200. The van der Waals surface area contributed by atoms with E-state index >= 15 is 0 Å². The van der Waals surface area contributed by atoms with Gasteiger partial charge in [-0.25, -0.2) is 0 Å². The molecule has 0 fully saturated rings. The lowest BCUT2D eigenvalue weighted by molar-refractivity contribution is 0.185. The van der Waals surface area contributed by atoms with Crippen LogP contribution in [0.25, 0.3) is 32.3 Å². The molecule has 0 radical (unpaired) electrons. The monoisotopic (exact) mass is 290 g/mol. The summed E-state index contributed by atoms with van der Waals surface area (Å²) in [6.07, 6.45) is 0. The third kappa shape index (κ3) is 2.04. The highest BCUT2D eigenvalue weighted by atomic mass is 16.5. The highest BCUT2D eigenvalue weighted by Crippen LogP contribution is 2.36. The van der Waals surface area contributed by atoms with Crippen molar-refractivity contribution in [2.75, 3.05) is 14.2 Å². The van der Waals surface area contributed by atoms with Crippen LogP contribution in [-0.2, 0) is 22.7 Å². The summed E-state index contributed by atoms with van der Waals surface area (Å²) in [5.41, 5.74) is 2.43. The molecule has 0 aromatic heterocycles. The maximum atomic E-state index is 5.28. The molecular formula is C20H18O2. The molecule has 0 unspecified atom stereocenters. The molecule has 0 saturated heterocycles. The van der Waals surface area contributed by atoms with Gasteiger partial charge in [-0.1, -0.05) is 24.3 Å². The summed E-state index contributed by atoms with van der Waals surface area (Å²) >= 11 is 0. The molecule has 0 N–H and O–H groups in total. The molecule has 4 rings (SSSR count). The van der Waals surface area contributed by atoms with Gasteiger partial charge in [0.2, 0.25) is 0 Å². The largest absolute Gasteiger partial charge is 0.380 e.